The minimum Gasteiger partial charge on any atom is -0.339 e. The average Bonchev–Trinajstić information content (AvgIpc) is 3.03. The molecule has 3 aliphatic rings. The molecule has 224 valence electrons. The lowest BCUT2D eigenvalue weighted by Crippen LogP contribution is -2.65. The molecule has 0 unspecified atom stereocenters. The third-order valence-corrected chi connectivity index (χ3v) is 8.47. The van der Waals surface area contributed by atoms with Crippen LogP contribution in [0.25, 0.3) is 0 Å². The van der Waals surface area contributed by atoms with Gasteiger partial charge in [0.2, 0.25) is 5.91 Å². The number of carbonyl (C=O) groups is 3. The first-order chi connectivity index (χ1) is 18.4. The van der Waals surface area contributed by atoms with Crippen LogP contribution in [0, 0.1) is 0 Å². The van der Waals surface area contributed by atoms with E-state index in [1.807, 2.05) is 4.90 Å². The van der Waals surface area contributed by atoms with E-state index in [-0.39, 0.29) is 35.9 Å². The van der Waals surface area contributed by atoms with E-state index in [9.17, 15) is 14.4 Å². The Morgan fingerprint density at radius 3 is 1.95 bits per heavy atom. The first-order valence-corrected chi connectivity index (χ1v) is 15.6. The standard InChI is InChI=1S/C30H55N5O4/c1-6-7-20-31-26(38)33-32-24(36)17-21-35-25(37)29(22-27(2,3)34-28(4,5)23-29)39-30(35)18-15-13-11-9-8-10-12-14-16-19-30/h34H,6-23H2,1-5H3,(H,32,36)(H2,31,33,38). The van der Waals surface area contributed by atoms with Crippen molar-refractivity contribution in [1.82, 2.24) is 26.4 Å². The van der Waals surface area contributed by atoms with Gasteiger partial charge in [0.05, 0.1) is 0 Å². The molecule has 39 heavy (non-hydrogen) atoms. The lowest BCUT2D eigenvalue weighted by molar-refractivity contribution is -0.176. The summed E-state index contributed by atoms with van der Waals surface area (Å²) in [5.41, 5.74) is 2.83. The van der Waals surface area contributed by atoms with Crippen molar-refractivity contribution in [2.24, 2.45) is 0 Å². The van der Waals surface area contributed by atoms with Gasteiger partial charge in [0.25, 0.3) is 5.91 Å². The monoisotopic (exact) mass is 549 g/mol. The van der Waals surface area contributed by atoms with Crippen LogP contribution in [0.3, 0.4) is 0 Å². The average molecular weight is 550 g/mol. The van der Waals surface area contributed by atoms with Crippen LogP contribution in [0.1, 0.15) is 137 Å². The van der Waals surface area contributed by atoms with Crippen molar-refractivity contribution in [2.45, 2.75) is 160 Å². The molecule has 1 saturated carbocycles. The summed E-state index contributed by atoms with van der Waals surface area (Å²) >= 11 is 0. The molecule has 0 bridgehead atoms. The van der Waals surface area contributed by atoms with Crippen molar-refractivity contribution < 1.29 is 19.1 Å². The molecule has 4 amide bonds. The number of ether oxygens (including phenoxy) is 1. The van der Waals surface area contributed by atoms with Crippen molar-refractivity contribution in [2.75, 3.05) is 13.1 Å². The normalized spacial score (nSPS) is 24.5. The van der Waals surface area contributed by atoms with E-state index in [1.54, 1.807) is 0 Å². The number of hydrogen-bond donors (Lipinski definition) is 4. The second kappa shape index (κ2) is 13.7. The Morgan fingerprint density at radius 2 is 1.41 bits per heavy atom. The highest BCUT2D eigenvalue weighted by molar-refractivity contribution is 5.89. The largest absolute Gasteiger partial charge is 0.339 e. The smallest absolute Gasteiger partial charge is 0.333 e. The zero-order chi connectivity index (χ0) is 28.6. The summed E-state index contributed by atoms with van der Waals surface area (Å²) in [5, 5.41) is 6.42. The summed E-state index contributed by atoms with van der Waals surface area (Å²) in [4.78, 5) is 41.0. The van der Waals surface area contributed by atoms with E-state index < -0.39 is 17.4 Å². The summed E-state index contributed by atoms with van der Waals surface area (Å²) in [7, 11) is 0. The minimum atomic E-state index is -0.900. The Labute approximate surface area is 236 Å². The van der Waals surface area contributed by atoms with Crippen molar-refractivity contribution in [3.8, 4) is 0 Å². The number of unbranched alkanes of at least 4 members (excludes halogenated alkanes) is 1. The van der Waals surface area contributed by atoms with Gasteiger partial charge in [-0.25, -0.2) is 10.2 Å². The van der Waals surface area contributed by atoms with Crippen LogP contribution in [-0.4, -0.2) is 58.2 Å². The summed E-state index contributed by atoms with van der Waals surface area (Å²) < 4.78 is 7.13. The summed E-state index contributed by atoms with van der Waals surface area (Å²) in [6.45, 7) is 11.5. The van der Waals surface area contributed by atoms with E-state index in [0.717, 1.165) is 51.4 Å². The molecule has 3 fully saturated rings. The molecule has 3 rings (SSSR count). The Balaban J connectivity index is 1.78. The van der Waals surface area contributed by atoms with E-state index in [2.05, 4.69) is 56.1 Å². The van der Waals surface area contributed by atoms with Crippen LogP contribution in [0.15, 0.2) is 0 Å². The Hall–Kier alpha value is -1.87. The predicted molar refractivity (Wildman–Crippen MR) is 154 cm³/mol. The van der Waals surface area contributed by atoms with E-state index in [0.29, 0.717) is 19.4 Å². The number of piperidine rings is 1. The zero-order valence-electron chi connectivity index (χ0n) is 25.3. The highest BCUT2D eigenvalue weighted by Crippen LogP contribution is 2.50. The van der Waals surface area contributed by atoms with Gasteiger partial charge in [-0.3, -0.25) is 15.0 Å². The van der Waals surface area contributed by atoms with Gasteiger partial charge in [-0.2, -0.15) is 0 Å². The molecule has 9 nitrogen and oxygen atoms in total. The maximum absolute atomic E-state index is 14.4. The maximum atomic E-state index is 14.4. The van der Waals surface area contributed by atoms with Crippen molar-refractivity contribution in [3.05, 3.63) is 0 Å². The number of hydrogen-bond acceptors (Lipinski definition) is 5. The van der Waals surface area contributed by atoms with Crippen LogP contribution < -0.4 is 21.5 Å². The molecular weight excluding hydrogens is 494 g/mol. The molecule has 2 heterocycles. The van der Waals surface area contributed by atoms with Crippen LogP contribution in [0.2, 0.25) is 0 Å². The van der Waals surface area contributed by atoms with Crippen molar-refractivity contribution in [3.63, 3.8) is 0 Å². The van der Waals surface area contributed by atoms with Gasteiger partial charge in [0, 0.05) is 43.4 Å². The molecule has 0 aromatic carbocycles. The highest BCUT2D eigenvalue weighted by Gasteiger charge is 2.64. The van der Waals surface area contributed by atoms with Gasteiger partial charge < -0.3 is 20.3 Å². The molecule has 2 spiro atoms. The maximum Gasteiger partial charge on any atom is 0.333 e. The summed E-state index contributed by atoms with van der Waals surface area (Å²) in [6, 6.07) is -0.425. The summed E-state index contributed by atoms with van der Waals surface area (Å²) in [5.74, 6) is -0.293. The Kier molecular flexibility index (Phi) is 11.1. The first-order valence-electron chi connectivity index (χ1n) is 15.6. The fourth-order valence-corrected chi connectivity index (χ4v) is 7.28. The van der Waals surface area contributed by atoms with Gasteiger partial charge in [-0.1, -0.05) is 58.3 Å². The number of rotatable bonds is 6. The fourth-order valence-electron chi connectivity index (χ4n) is 7.28. The molecule has 0 atom stereocenters. The lowest BCUT2D eigenvalue weighted by atomic mass is 9.72. The first kappa shape index (κ1) is 31.7. The molecular formula is C30H55N5O4. The van der Waals surface area contributed by atoms with Gasteiger partial charge >= 0.3 is 6.03 Å². The minimum absolute atomic E-state index is 0.0234. The molecule has 2 saturated heterocycles. The van der Waals surface area contributed by atoms with Gasteiger partial charge in [-0.05, 0) is 59.8 Å². The topological polar surface area (TPSA) is 112 Å². The molecule has 0 aromatic heterocycles. The second-order valence-electron chi connectivity index (χ2n) is 13.5. The number of nitrogens with one attached hydrogen (secondary N) is 4. The van der Waals surface area contributed by atoms with Crippen LogP contribution in [-0.2, 0) is 14.3 Å². The highest BCUT2D eigenvalue weighted by atomic mass is 16.6. The van der Waals surface area contributed by atoms with Crippen LogP contribution in [0.4, 0.5) is 4.79 Å². The van der Waals surface area contributed by atoms with E-state index in [4.69, 9.17) is 4.74 Å². The quantitative estimate of drug-likeness (QED) is 0.274. The van der Waals surface area contributed by atoms with Crippen LogP contribution in [0.5, 0.6) is 0 Å². The lowest BCUT2D eigenvalue weighted by Gasteiger charge is -2.50. The Bertz CT molecular complexity index is 815. The summed E-state index contributed by atoms with van der Waals surface area (Å²) in [6.07, 6.45) is 15.3. The number of urea groups is 1. The molecule has 0 radical (unpaired) electrons. The number of hydrazine groups is 1. The molecule has 0 aromatic rings. The van der Waals surface area contributed by atoms with E-state index in [1.165, 1.54) is 32.1 Å². The molecule has 4 N–H and O–H groups in total. The number of nitrogens with zero attached hydrogens (tertiary/aromatic N) is 1. The molecule has 9 heteroatoms. The fraction of sp³-hybridized carbons (Fsp3) is 0.900. The van der Waals surface area contributed by atoms with Crippen LogP contribution >= 0.6 is 0 Å². The zero-order valence-corrected chi connectivity index (χ0v) is 25.3. The third-order valence-electron chi connectivity index (χ3n) is 8.47. The predicted octanol–water partition coefficient (Wildman–Crippen LogP) is 5.05. The SMILES string of the molecule is CCCCNC(=O)NNC(=O)CCN1C(=O)C2(CC(C)(C)NC(C)(C)C2)OC12CCCCCCCCCCC2. The van der Waals surface area contributed by atoms with Gasteiger partial charge in [-0.15, -0.1) is 0 Å². The van der Waals surface area contributed by atoms with Gasteiger partial charge in [0.15, 0.2) is 5.60 Å². The third kappa shape index (κ3) is 8.81. The molecule has 1 aliphatic carbocycles. The number of carbonyl (C=O) groups excluding carboxylic acids is 3. The van der Waals surface area contributed by atoms with Crippen molar-refractivity contribution in [1.29, 1.82) is 0 Å². The second-order valence-corrected chi connectivity index (χ2v) is 13.5. The number of amides is 4. The van der Waals surface area contributed by atoms with Gasteiger partial charge in [0.1, 0.15) is 5.72 Å². The van der Waals surface area contributed by atoms with Crippen molar-refractivity contribution >= 4 is 17.8 Å². The molecule has 2 aliphatic heterocycles. The Morgan fingerprint density at radius 1 is 0.872 bits per heavy atom. The van der Waals surface area contributed by atoms with E-state index >= 15 is 0 Å².